The number of para-hydroxylation sites is 2. The van der Waals surface area contributed by atoms with E-state index >= 15 is 0 Å². The van der Waals surface area contributed by atoms with E-state index in [4.69, 9.17) is 4.98 Å². The molecule has 0 aliphatic carbocycles. The number of piperazine rings is 1. The second-order valence-corrected chi connectivity index (χ2v) is 7.71. The van der Waals surface area contributed by atoms with E-state index in [1.54, 1.807) is 0 Å². The van der Waals surface area contributed by atoms with E-state index in [9.17, 15) is 4.79 Å². The summed E-state index contributed by atoms with van der Waals surface area (Å²) in [6, 6.07) is 19.0. The van der Waals surface area contributed by atoms with Gasteiger partial charge >= 0.3 is 6.03 Å². The van der Waals surface area contributed by atoms with Gasteiger partial charge in [-0.05, 0) is 31.0 Å². The van der Waals surface area contributed by atoms with Crippen LogP contribution in [0.4, 0.5) is 10.7 Å². The Morgan fingerprint density at radius 1 is 1.03 bits per heavy atom. The Morgan fingerprint density at radius 3 is 2.45 bits per heavy atom. The average Bonchev–Trinajstić information content (AvgIpc) is 3.13. The normalized spacial score (nSPS) is 15.5. The molecule has 1 saturated heterocycles. The molecule has 1 aliphatic rings. The number of rotatable bonds is 5. The van der Waals surface area contributed by atoms with Gasteiger partial charge in [-0.3, -0.25) is 0 Å². The van der Waals surface area contributed by atoms with Crippen LogP contribution in [0.1, 0.15) is 25.8 Å². The Morgan fingerprint density at radius 2 is 1.72 bits per heavy atom. The zero-order valence-corrected chi connectivity index (χ0v) is 17.2. The first-order valence-electron chi connectivity index (χ1n) is 10.4. The van der Waals surface area contributed by atoms with Gasteiger partial charge in [0, 0.05) is 32.2 Å². The molecular formula is C23H29N5O. The molecular weight excluding hydrogens is 362 g/mol. The Kier molecular flexibility index (Phi) is 5.69. The third-order valence-corrected chi connectivity index (χ3v) is 5.65. The Labute approximate surface area is 172 Å². The number of aromatic nitrogens is 2. The molecule has 0 saturated carbocycles. The lowest BCUT2D eigenvalue weighted by Gasteiger charge is -2.36. The number of fused-ring (bicyclic) bond motifs is 1. The van der Waals surface area contributed by atoms with Crippen LogP contribution in [0.25, 0.3) is 11.0 Å². The van der Waals surface area contributed by atoms with Crippen molar-refractivity contribution in [2.75, 3.05) is 31.1 Å². The minimum atomic E-state index is 0.0387. The van der Waals surface area contributed by atoms with Crippen molar-refractivity contribution in [3.05, 3.63) is 60.2 Å². The van der Waals surface area contributed by atoms with Crippen molar-refractivity contribution in [3.8, 4) is 0 Å². The maximum atomic E-state index is 12.4. The third-order valence-electron chi connectivity index (χ3n) is 5.65. The molecule has 1 aromatic heterocycles. The van der Waals surface area contributed by atoms with Crippen LogP contribution in [-0.4, -0.2) is 52.7 Å². The number of hydrogen-bond donors (Lipinski definition) is 1. The maximum Gasteiger partial charge on any atom is 0.317 e. The van der Waals surface area contributed by atoms with E-state index < -0.39 is 0 Å². The molecule has 3 aromatic rings. The molecule has 1 N–H and O–H groups in total. The van der Waals surface area contributed by atoms with Crippen molar-refractivity contribution in [3.63, 3.8) is 0 Å². The zero-order valence-electron chi connectivity index (χ0n) is 17.2. The van der Waals surface area contributed by atoms with Gasteiger partial charge in [-0.25, -0.2) is 9.78 Å². The predicted molar refractivity (Wildman–Crippen MR) is 117 cm³/mol. The molecule has 0 radical (unpaired) electrons. The van der Waals surface area contributed by atoms with Gasteiger partial charge in [-0.15, -0.1) is 0 Å². The average molecular weight is 392 g/mol. The van der Waals surface area contributed by atoms with Crippen molar-refractivity contribution >= 4 is 23.0 Å². The molecule has 6 nitrogen and oxygen atoms in total. The zero-order chi connectivity index (χ0) is 20.2. The van der Waals surface area contributed by atoms with Crippen molar-refractivity contribution in [1.82, 2.24) is 19.8 Å². The van der Waals surface area contributed by atoms with Gasteiger partial charge < -0.3 is 19.7 Å². The largest absolute Gasteiger partial charge is 0.339 e. The van der Waals surface area contributed by atoms with Crippen LogP contribution in [0.5, 0.6) is 0 Å². The Hall–Kier alpha value is -3.02. The molecule has 2 heterocycles. The Bertz CT molecular complexity index is 960. The van der Waals surface area contributed by atoms with Crippen LogP contribution in [-0.2, 0) is 6.54 Å². The highest BCUT2D eigenvalue weighted by atomic mass is 16.2. The number of imidazole rings is 1. The fourth-order valence-corrected chi connectivity index (χ4v) is 3.74. The first-order chi connectivity index (χ1) is 14.2. The van der Waals surface area contributed by atoms with E-state index in [2.05, 4.69) is 64.2 Å². The molecule has 29 heavy (non-hydrogen) atoms. The number of benzene rings is 2. The fraction of sp³-hybridized carbons (Fsp3) is 0.391. The maximum absolute atomic E-state index is 12.4. The summed E-state index contributed by atoms with van der Waals surface area (Å²) < 4.78 is 2.29. The monoisotopic (exact) mass is 391 g/mol. The second-order valence-electron chi connectivity index (χ2n) is 7.71. The van der Waals surface area contributed by atoms with Crippen molar-refractivity contribution < 1.29 is 4.79 Å². The van der Waals surface area contributed by atoms with Crippen LogP contribution >= 0.6 is 0 Å². The van der Waals surface area contributed by atoms with Gasteiger partial charge in [0.2, 0.25) is 5.95 Å². The number of urea groups is 1. The molecule has 0 spiro atoms. The standard InChI is InChI=1S/C23H29N5O/c1-3-18(2)24-23(29)27-15-13-26(14-16-27)22-25-20-11-7-8-12-21(20)28(22)17-19-9-5-4-6-10-19/h4-12,18H,3,13-17H2,1-2H3,(H,24,29)/t18-/m0/s1. The quantitative estimate of drug-likeness (QED) is 0.721. The highest BCUT2D eigenvalue weighted by molar-refractivity contribution is 5.79. The van der Waals surface area contributed by atoms with Gasteiger partial charge in [0.25, 0.3) is 0 Å². The summed E-state index contributed by atoms with van der Waals surface area (Å²) in [6.45, 7) is 7.89. The predicted octanol–water partition coefficient (Wildman–Crippen LogP) is 3.71. The van der Waals surface area contributed by atoms with Gasteiger partial charge in [0.1, 0.15) is 0 Å². The van der Waals surface area contributed by atoms with E-state index in [0.29, 0.717) is 13.1 Å². The molecule has 1 atom stereocenters. The first kappa shape index (κ1) is 19.3. The molecule has 0 unspecified atom stereocenters. The van der Waals surface area contributed by atoms with Crippen LogP contribution in [0, 0.1) is 0 Å². The highest BCUT2D eigenvalue weighted by Crippen LogP contribution is 2.25. The van der Waals surface area contributed by atoms with E-state index in [-0.39, 0.29) is 12.1 Å². The summed E-state index contributed by atoms with van der Waals surface area (Å²) in [5.41, 5.74) is 3.40. The molecule has 1 aliphatic heterocycles. The molecule has 1 fully saturated rings. The molecule has 152 valence electrons. The number of carbonyl (C=O) groups is 1. The van der Waals surface area contributed by atoms with E-state index in [1.165, 1.54) is 5.56 Å². The fourth-order valence-electron chi connectivity index (χ4n) is 3.74. The van der Waals surface area contributed by atoms with Crippen LogP contribution in [0.3, 0.4) is 0 Å². The van der Waals surface area contributed by atoms with Gasteiger partial charge in [-0.2, -0.15) is 0 Å². The van der Waals surface area contributed by atoms with Crippen LogP contribution in [0.2, 0.25) is 0 Å². The summed E-state index contributed by atoms with van der Waals surface area (Å²) >= 11 is 0. The number of anilines is 1. The smallest absolute Gasteiger partial charge is 0.317 e. The lowest BCUT2D eigenvalue weighted by molar-refractivity contribution is 0.190. The molecule has 0 bridgehead atoms. The number of nitrogens with zero attached hydrogens (tertiary/aromatic N) is 4. The van der Waals surface area contributed by atoms with Gasteiger partial charge in [-0.1, -0.05) is 49.4 Å². The molecule has 4 rings (SSSR count). The number of nitrogens with one attached hydrogen (secondary N) is 1. The SMILES string of the molecule is CC[C@H](C)NC(=O)N1CCN(c2nc3ccccc3n2Cc2ccccc2)CC1. The highest BCUT2D eigenvalue weighted by Gasteiger charge is 2.25. The summed E-state index contributed by atoms with van der Waals surface area (Å²) in [5, 5.41) is 3.07. The summed E-state index contributed by atoms with van der Waals surface area (Å²) in [6.07, 6.45) is 0.940. The lowest BCUT2D eigenvalue weighted by atomic mass is 10.2. The second kappa shape index (κ2) is 8.55. The lowest BCUT2D eigenvalue weighted by Crippen LogP contribution is -2.53. The number of carbonyl (C=O) groups excluding carboxylic acids is 1. The summed E-state index contributed by atoms with van der Waals surface area (Å²) in [5.74, 6) is 0.983. The summed E-state index contributed by atoms with van der Waals surface area (Å²) in [7, 11) is 0. The Balaban J connectivity index is 1.54. The number of hydrogen-bond acceptors (Lipinski definition) is 3. The number of amides is 2. The van der Waals surface area contributed by atoms with Crippen LogP contribution < -0.4 is 10.2 Å². The van der Waals surface area contributed by atoms with E-state index in [1.807, 2.05) is 24.0 Å². The van der Waals surface area contributed by atoms with Crippen molar-refractivity contribution in [1.29, 1.82) is 0 Å². The van der Waals surface area contributed by atoms with Crippen molar-refractivity contribution in [2.45, 2.75) is 32.9 Å². The molecule has 6 heteroatoms. The van der Waals surface area contributed by atoms with Gasteiger partial charge in [0.05, 0.1) is 17.6 Å². The van der Waals surface area contributed by atoms with E-state index in [0.717, 1.165) is 43.0 Å². The van der Waals surface area contributed by atoms with Crippen molar-refractivity contribution in [2.24, 2.45) is 0 Å². The minimum absolute atomic E-state index is 0.0387. The first-order valence-corrected chi connectivity index (χ1v) is 10.4. The third kappa shape index (κ3) is 4.21. The summed E-state index contributed by atoms with van der Waals surface area (Å²) in [4.78, 5) is 21.6. The topological polar surface area (TPSA) is 53.4 Å². The molecule has 2 amide bonds. The minimum Gasteiger partial charge on any atom is -0.339 e. The molecule has 2 aromatic carbocycles. The van der Waals surface area contributed by atoms with Gasteiger partial charge in [0.15, 0.2) is 0 Å². The van der Waals surface area contributed by atoms with Crippen LogP contribution in [0.15, 0.2) is 54.6 Å².